The predicted molar refractivity (Wildman–Crippen MR) is 237 cm³/mol. The molecule has 0 aromatic heterocycles. The Morgan fingerprint density at radius 3 is 2.42 bits per heavy atom. The smallest absolute Gasteiger partial charge is 0.277 e. The summed E-state index contributed by atoms with van der Waals surface area (Å²) in [6, 6.07) is 23.8. The number of piperidine rings is 1. The van der Waals surface area contributed by atoms with E-state index in [1.54, 1.807) is 12.1 Å². The zero-order chi connectivity index (χ0) is 40.9. The van der Waals surface area contributed by atoms with Crippen LogP contribution in [-0.4, -0.2) is 88.5 Å². The molecular formula is C46H53ClN6O6S. The Hall–Kier alpha value is -5.05. The van der Waals surface area contributed by atoms with Gasteiger partial charge in [0, 0.05) is 77.3 Å². The topological polar surface area (TPSA) is 155 Å². The second-order valence-electron chi connectivity index (χ2n) is 16.1. The molecule has 14 heteroatoms. The molecule has 60 heavy (non-hydrogen) atoms. The number of nitroso groups, excluding NO2 is 1. The van der Waals surface area contributed by atoms with Gasteiger partial charge in [0.15, 0.2) is 0 Å². The van der Waals surface area contributed by atoms with Crippen molar-refractivity contribution >= 4 is 56.2 Å². The molecule has 2 heterocycles. The Labute approximate surface area is 357 Å². The first-order valence-corrected chi connectivity index (χ1v) is 22.6. The number of fused-ring (bicyclic) bond motifs is 1. The number of ether oxygens (including phenoxy) is 1. The molecule has 4 N–H and O–H groups in total. The molecular weight excluding hydrogens is 800 g/mol. The van der Waals surface area contributed by atoms with Gasteiger partial charge in [-0.25, -0.2) is 13.1 Å². The van der Waals surface area contributed by atoms with Crippen molar-refractivity contribution in [3.05, 3.63) is 123 Å². The van der Waals surface area contributed by atoms with Crippen LogP contribution in [0.15, 0.2) is 95.4 Å². The lowest BCUT2D eigenvalue weighted by Gasteiger charge is -2.37. The Morgan fingerprint density at radius 1 is 0.883 bits per heavy atom. The number of amides is 1. The number of allylic oxidation sites excluding steroid dienone is 2. The molecule has 2 aliphatic heterocycles. The van der Waals surface area contributed by atoms with Crippen LogP contribution in [0, 0.1) is 4.91 Å². The van der Waals surface area contributed by atoms with E-state index in [-0.39, 0.29) is 33.4 Å². The average Bonchev–Trinajstić information content (AvgIpc) is 3.62. The number of nitrogens with one attached hydrogen (secondary N) is 3. The van der Waals surface area contributed by atoms with Crippen LogP contribution >= 0.6 is 11.6 Å². The van der Waals surface area contributed by atoms with Gasteiger partial charge in [0.05, 0.1) is 10.5 Å². The Bertz CT molecular complexity index is 2370. The summed E-state index contributed by atoms with van der Waals surface area (Å²) in [7, 11) is -2.31. The standard InChI is InChI=1S/C46H51ClN6O5S.H2O/c1-51-23-21-36(22-24-51)48-42-20-18-38(30-43(42)49-55)59(56,57)50-46(54)41-19-17-37(29-45(41)58-44-12-6-9-32-8-5-11-40(32)44)53-27-25-52(26-28-53)31-34-7-3-2-4-10-39(34)33-13-15-35(47)16-14-33;/h5-6,9,11-20,29-30,36,48H,2-4,7-8,10,21-28,31H2,1H3,(H,50,54);1H2. The molecule has 1 amide bonds. The first-order valence-electron chi connectivity index (χ1n) is 20.7. The molecule has 12 nitrogen and oxygen atoms in total. The van der Waals surface area contributed by atoms with Crippen LogP contribution in [0.2, 0.25) is 5.02 Å². The summed E-state index contributed by atoms with van der Waals surface area (Å²) < 4.78 is 36.2. The van der Waals surface area contributed by atoms with Crippen molar-refractivity contribution in [2.24, 2.45) is 0 Å². The van der Waals surface area contributed by atoms with Crippen LogP contribution in [0.4, 0.5) is 17.1 Å². The maximum atomic E-state index is 14.0. The molecule has 0 unspecified atom stereocenters. The van der Waals surface area contributed by atoms with E-state index < -0.39 is 15.9 Å². The number of likely N-dealkylation sites (tertiary alicyclic amines) is 1. The van der Waals surface area contributed by atoms with E-state index in [4.69, 9.17) is 16.3 Å². The molecule has 2 aliphatic carbocycles. The van der Waals surface area contributed by atoms with Gasteiger partial charge in [-0.3, -0.25) is 9.69 Å². The van der Waals surface area contributed by atoms with Crippen molar-refractivity contribution in [3.8, 4) is 11.5 Å². The molecule has 4 aliphatic rings. The second-order valence-corrected chi connectivity index (χ2v) is 18.2. The summed E-state index contributed by atoms with van der Waals surface area (Å²) in [5.41, 5.74) is 7.86. The van der Waals surface area contributed by atoms with Crippen LogP contribution in [0.1, 0.15) is 72.0 Å². The Kier molecular flexibility index (Phi) is 13.7. The molecule has 4 aromatic carbocycles. The van der Waals surface area contributed by atoms with Crippen molar-refractivity contribution < 1.29 is 28.6 Å². The molecule has 2 saturated heterocycles. The third-order valence-corrected chi connectivity index (χ3v) is 13.7. The summed E-state index contributed by atoms with van der Waals surface area (Å²) in [6.07, 6.45) is 12.5. The van der Waals surface area contributed by atoms with Gasteiger partial charge in [-0.2, -0.15) is 0 Å². The summed E-state index contributed by atoms with van der Waals surface area (Å²) in [5.74, 6) is 0.00195. The second kappa shape index (κ2) is 19.1. The van der Waals surface area contributed by atoms with Crippen molar-refractivity contribution in [2.75, 3.05) is 63.1 Å². The molecule has 0 radical (unpaired) electrons. The van der Waals surface area contributed by atoms with Gasteiger partial charge in [-0.1, -0.05) is 60.0 Å². The number of carbonyl (C=O) groups excluding carboxylic acids is 1. The van der Waals surface area contributed by atoms with Gasteiger partial charge in [0.1, 0.15) is 17.2 Å². The van der Waals surface area contributed by atoms with Crippen LogP contribution in [0.3, 0.4) is 0 Å². The number of sulfonamides is 1. The van der Waals surface area contributed by atoms with Crippen molar-refractivity contribution in [2.45, 2.75) is 62.3 Å². The van der Waals surface area contributed by atoms with E-state index in [2.05, 4.69) is 50.0 Å². The monoisotopic (exact) mass is 852 g/mol. The number of benzene rings is 4. The summed E-state index contributed by atoms with van der Waals surface area (Å²) in [6.45, 7) is 6.10. The number of anilines is 2. The fraction of sp³-hybridized carbons (Fsp3) is 0.370. The number of halogens is 1. The lowest BCUT2D eigenvalue weighted by Crippen LogP contribution is -2.56. The summed E-state index contributed by atoms with van der Waals surface area (Å²) in [4.78, 5) is 32.8. The number of piperazine rings is 1. The van der Waals surface area contributed by atoms with E-state index in [1.165, 1.54) is 48.1 Å². The number of carbonyl (C=O) groups is 1. The highest BCUT2D eigenvalue weighted by molar-refractivity contribution is 7.90. The first-order chi connectivity index (χ1) is 28.6. The van der Waals surface area contributed by atoms with Crippen LogP contribution in [0.5, 0.6) is 11.5 Å². The van der Waals surface area contributed by atoms with Crippen molar-refractivity contribution in [1.82, 2.24) is 14.5 Å². The third-order valence-electron chi connectivity index (χ3n) is 12.1. The largest absolute Gasteiger partial charge is 0.870 e. The SMILES string of the molecule is CN1CCC(Nc2ccc(S(=O)(=O)NC(=O)c3ccc(N4CCN(CC5=C(c6ccc(Cl)cc6)CCCCC5)CC4)cc3Oc3cccc4c3C=CC4)cc2[NH+]=O)CC1.[OH-]. The minimum Gasteiger partial charge on any atom is -0.870 e. The minimum absolute atomic E-state index is 0. The molecule has 2 fully saturated rings. The quantitative estimate of drug-likeness (QED) is 0.134. The molecule has 0 atom stereocenters. The van der Waals surface area contributed by atoms with Crippen molar-refractivity contribution in [1.29, 1.82) is 0 Å². The number of hydrogen-bond acceptors (Lipinski definition) is 10. The fourth-order valence-electron chi connectivity index (χ4n) is 8.71. The van der Waals surface area contributed by atoms with Gasteiger partial charge in [0.2, 0.25) is 0 Å². The van der Waals surface area contributed by atoms with Crippen LogP contribution < -0.4 is 24.9 Å². The highest BCUT2D eigenvalue weighted by Crippen LogP contribution is 2.37. The normalized spacial score (nSPS) is 17.7. The molecule has 4 aromatic rings. The molecule has 316 valence electrons. The molecule has 0 bridgehead atoms. The average molecular weight is 853 g/mol. The maximum absolute atomic E-state index is 14.0. The lowest BCUT2D eigenvalue weighted by atomic mass is 9.95. The number of hydrogen-bond donors (Lipinski definition) is 3. The van der Waals surface area contributed by atoms with Crippen LogP contribution in [0.25, 0.3) is 11.6 Å². The highest BCUT2D eigenvalue weighted by atomic mass is 35.5. The van der Waals surface area contributed by atoms with E-state index in [0.717, 1.165) is 99.8 Å². The molecule has 8 rings (SSSR count). The van der Waals surface area contributed by atoms with Crippen LogP contribution in [-0.2, 0) is 16.4 Å². The molecule has 0 spiro atoms. The minimum atomic E-state index is -4.38. The Balaban J connectivity index is 0.00000544. The van der Waals surface area contributed by atoms with E-state index >= 15 is 0 Å². The summed E-state index contributed by atoms with van der Waals surface area (Å²) >= 11 is 6.23. The van der Waals surface area contributed by atoms with Gasteiger partial charge >= 0.3 is 0 Å². The van der Waals surface area contributed by atoms with Gasteiger partial charge in [-0.05, 0) is 124 Å². The van der Waals surface area contributed by atoms with E-state index in [1.807, 2.05) is 53.7 Å². The first kappa shape index (κ1) is 43.1. The Morgan fingerprint density at radius 2 is 1.65 bits per heavy atom. The molecule has 0 saturated carbocycles. The summed E-state index contributed by atoms with van der Waals surface area (Å²) in [5, 5.41) is 6.01. The zero-order valence-corrected chi connectivity index (χ0v) is 35.5. The fourth-order valence-corrected chi connectivity index (χ4v) is 9.83. The van der Waals surface area contributed by atoms with Crippen molar-refractivity contribution in [3.63, 3.8) is 0 Å². The van der Waals surface area contributed by atoms with Gasteiger partial charge in [0.25, 0.3) is 21.6 Å². The highest BCUT2D eigenvalue weighted by Gasteiger charge is 2.28. The van der Waals surface area contributed by atoms with Gasteiger partial charge < -0.3 is 25.3 Å². The van der Waals surface area contributed by atoms with Gasteiger partial charge in [-0.15, -0.1) is 0 Å². The number of nitrogens with zero attached hydrogens (tertiary/aromatic N) is 3. The zero-order valence-electron chi connectivity index (χ0n) is 34.0. The predicted octanol–water partition coefficient (Wildman–Crippen LogP) is 7.17. The van der Waals surface area contributed by atoms with E-state index in [0.29, 0.717) is 11.4 Å². The number of rotatable bonds is 12. The third kappa shape index (κ3) is 9.93. The maximum Gasteiger partial charge on any atom is 0.277 e. The lowest BCUT2D eigenvalue weighted by molar-refractivity contribution is -0.378. The van der Waals surface area contributed by atoms with E-state index in [9.17, 15) is 18.1 Å².